The zero-order valence-corrected chi connectivity index (χ0v) is 18.4. The van der Waals surface area contributed by atoms with Gasteiger partial charge in [0.2, 0.25) is 5.91 Å². The molecule has 1 unspecified atom stereocenters. The number of aryl methyl sites for hydroxylation is 2. The largest absolute Gasteiger partial charge is 0.481 e. The van der Waals surface area contributed by atoms with Gasteiger partial charge in [0, 0.05) is 19.3 Å². The summed E-state index contributed by atoms with van der Waals surface area (Å²) in [6.07, 6.45) is 2.49. The van der Waals surface area contributed by atoms with Crippen LogP contribution in [0.4, 0.5) is 5.82 Å². The molecule has 3 amide bonds. The Labute approximate surface area is 186 Å². The van der Waals surface area contributed by atoms with Crippen LogP contribution in [0.3, 0.4) is 0 Å². The van der Waals surface area contributed by atoms with Gasteiger partial charge in [0.15, 0.2) is 0 Å². The monoisotopic (exact) mass is 443 g/mol. The lowest BCUT2D eigenvalue weighted by molar-refractivity contribution is -0.148. The number of hydrogen-bond acceptors (Lipinski definition) is 6. The minimum atomic E-state index is -1.08. The molecule has 1 saturated heterocycles. The van der Waals surface area contributed by atoms with Crippen LogP contribution in [0.25, 0.3) is 0 Å². The van der Waals surface area contributed by atoms with Crippen LogP contribution in [0, 0.1) is 5.92 Å². The number of carbonyl (C=O) groups is 4. The van der Waals surface area contributed by atoms with E-state index in [9.17, 15) is 19.2 Å². The molecule has 32 heavy (non-hydrogen) atoms. The number of pyridine rings is 1. The molecular weight excluding hydrogens is 414 g/mol. The van der Waals surface area contributed by atoms with E-state index in [1.165, 1.54) is 12.6 Å². The third-order valence-electron chi connectivity index (χ3n) is 5.77. The second-order valence-corrected chi connectivity index (χ2v) is 8.25. The van der Waals surface area contributed by atoms with E-state index >= 15 is 0 Å². The number of aromatic nitrogens is 1. The molecule has 2 aliphatic heterocycles. The maximum Gasteiger partial charge on any atom is 0.305 e. The van der Waals surface area contributed by atoms with Gasteiger partial charge in [-0.25, -0.2) is 9.99 Å². The smallest absolute Gasteiger partial charge is 0.305 e. The lowest BCUT2D eigenvalue weighted by Gasteiger charge is -2.24. The lowest BCUT2D eigenvalue weighted by atomic mass is 10.00. The average Bonchev–Trinajstić information content (AvgIpc) is 2.94. The maximum atomic E-state index is 12.9. The highest BCUT2D eigenvalue weighted by molar-refractivity contribution is 6.06. The van der Waals surface area contributed by atoms with E-state index in [0.29, 0.717) is 18.4 Å². The molecule has 172 valence electrons. The lowest BCUT2D eigenvalue weighted by Crippen LogP contribution is -2.47. The van der Waals surface area contributed by atoms with E-state index in [-0.39, 0.29) is 18.9 Å². The van der Waals surface area contributed by atoms with Gasteiger partial charge in [-0.05, 0) is 44.2 Å². The Morgan fingerprint density at radius 3 is 2.78 bits per heavy atom. The third kappa shape index (κ3) is 5.24. The van der Waals surface area contributed by atoms with Crippen LogP contribution in [0.5, 0.6) is 0 Å². The molecule has 3 N–H and O–H groups in total. The first-order valence-corrected chi connectivity index (χ1v) is 10.7. The quantitative estimate of drug-likeness (QED) is 0.379. The van der Waals surface area contributed by atoms with Gasteiger partial charge in [0.25, 0.3) is 11.8 Å². The van der Waals surface area contributed by atoms with Crippen molar-refractivity contribution in [3.8, 4) is 0 Å². The van der Waals surface area contributed by atoms with Gasteiger partial charge in [-0.3, -0.25) is 24.2 Å². The molecule has 0 radical (unpaired) electrons. The predicted molar refractivity (Wildman–Crippen MR) is 116 cm³/mol. The van der Waals surface area contributed by atoms with Crippen molar-refractivity contribution in [2.45, 2.75) is 45.1 Å². The molecule has 10 nitrogen and oxygen atoms in total. The number of anilines is 1. The first-order chi connectivity index (χ1) is 15.2. The van der Waals surface area contributed by atoms with Gasteiger partial charge in [-0.1, -0.05) is 18.2 Å². The van der Waals surface area contributed by atoms with Gasteiger partial charge in [-0.15, -0.1) is 0 Å². The molecule has 1 aromatic heterocycles. The Kier molecular flexibility index (Phi) is 7.12. The Morgan fingerprint density at radius 2 is 2.09 bits per heavy atom. The Morgan fingerprint density at radius 1 is 1.34 bits per heavy atom. The summed E-state index contributed by atoms with van der Waals surface area (Å²) in [5.41, 5.74) is 2.46. The summed E-state index contributed by atoms with van der Waals surface area (Å²) in [5.74, 6) is -2.48. The molecule has 0 spiro atoms. The van der Waals surface area contributed by atoms with E-state index in [1.807, 2.05) is 12.1 Å². The van der Waals surface area contributed by atoms with Crippen LogP contribution >= 0.6 is 0 Å². The predicted octanol–water partition coefficient (Wildman–Crippen LogP) is 0.740. The number of nitrogens with zero attached hydrogens (tertiary/aromatic N) is 3. The molecule has 0 saturated carbocycles. The summed E-state index contributed by atoms with van der Waals surface area (Å²) in [4.78, 5) is 53.5. The SMILES string of the molecule is C=C(C)[C@H](CC(=O)O)NC(=O)CN1C(=O)C(CCc2ccc3c(n2)NCCC3)C(=O)N1C. The number of hydrogen-bond donors (Lipinski definition) is 3. The Bertz CT molecular complexity index is 947. The van der Waals surface area contributed by atoms with E-state index in [2.05, 4.69) is 22.2 Å². The van der Waals surface area contributed by atoms with Crippen molar-refractivity contribution in [3.05, 3.63) is 35.5 Å². The van der Waals surface area contributed by atoms with Gasteiger partial charge in [0.1, 0.15) is 18.3 Å². The minimum absolute atomic E-state index is 0.291. The second-order valence-electron chi connectivity index (χ2n) is 8.25. The van der Waals surface area contributed by atoms with Gasteiger partial charge >= 0.3 is 5.97 Å². The number of hydrazine groups is 1. The van der Waals surface area contributed by atoms with Crippen molar-refractivity contribution in [1.82, 2.24) is 20.3 Å². The second kappa shape index (κ2) is 9.80. The number of carboxylic acids is 1. The Hall–Kier alpha value is -3.43. The number of nitrogens with one attached hydrogen (secondary N) is 2. The van der Waals surface area contributed by atoms with E-state index < -0.39 is 29.7 Å². The van der Waals surface area contributed by atoms with Crippen molar-refractivity contribution < 1.29 is 24.3 Å². The molecule has 0 bridgehead atoms. The van der Waals surface area contributed by atoms with E-state index in [4.69, 9.17) is 5.11 Å². The van der Waals surface area contributed by atoms with Crippen molar-refractivity contribution in [3.63, 3.8) is 0 Å². The zero-order valence-electron chi connectivity index (χ0n) is 18.4. The number of fused-ring (bicyclic) bond motifs is 1. The number of aliphatic carboxylic acids is 1. The Balaban J connectivity index is 1.60. The topological polar surface area (TPSA) is 132 Å². The molecule has 0 aliphatic carbocycles. The third-order valence-corrected chi connectivity index (χ3v) is 5.77. The highest BCUT2D eigenvalue weighted by Gasteiger charge is 2.44. The fourth-order valence-electron chi connectivity index (χ4n) is 3.91. The highest BCUT2D eigenvalue weighted by Crippen LogP contribution is 2.25. The number of rotatable bonds is 9. The zero-order chi connectivity index (χ0) is 23.4. The number of carboxylic acid groups (broad SMARTS) is 1. The van der Waals surface area contributed by atoms with Gasteiger partial charge in [-0.2, -0.15) is 0 Å². The van der Waals surface area contributed by atoms with Crippen molar-refractivity contribution in [1.29, 1.82) is 0 Å². The van der Waals surface area contributed by atoms with E-state index in [0.717, 1.165) is 40.9 Å². The van der Waals surface area contributed by atoms with Gasteiger partial charge < -0.3 is 15.7 Å². The standard InChI is InChI=1S/C22H29N5O5/c1-13(2)17(11-19(29)30)25-18(28)12-27-22(32)16(21(31)26(27)3)9-8-15-7-6-14-5-4-10-23-20(14)24-15/h6-7,16-17H,1,4-5,8-12H2,2-3H3,(H,23,24)(H,25,28)(H,29,30)/t16?,17-/m0/s1. The average molecular weight is 444 g/mol. The summed E-state index contributed by atoms with van der Waals surface area (Å²) < 4.78 is 0. The summed E-state index contributed by atoms with van der Waals surface area (Å²) in [5, 5.41) is 17.1. The van der Waals surface area contributed by atoms with E-state index in [1.54, 1.807) is 6.92 Å². The van der Waals surface area contributed by atoms with Crippen LogP contribution in [0.1, 0.15) is 37.4 Å². The highest BCUT2D eigenvalue weighted by atomic mass is 16.4. The fourth-order valence-corrected chi connectivity index (χ4v) is 3.91. The van der Waals surface area contributed by atoms with Crippen LogP contribution in [-0.4, -0.2) is 70.0 Å². The van der Waals surface area contributed by atoms with Crippen LogP contribution in [0.15, 0.2) is 24.3 Å². The van der Waals surface area contributed by atoms with Crippen LogP contribution in [-0.2, 0) is 32.0 Å². The van der Waals surface area contributed by atoms with Crippen LogP contribution in [0.2, 0.25) is 0 Å². The van der Waals surface area contributed by atoms with Crippen molar-refractivity contribution in [2.24, 2.45) is 5.92 Å². The number of carbonyl (C=O) groups excluding carboxylic acids is 3. The number of amides is 3. The molecule has 1 fully saturated rings. The molecule has 3 rings (SSSR count). The first-order valence-electron chi connectivity index (χ1n) is 10.7. The molecule has 2 aliphatic rings. The van der Waals surface area contributed by atoms with Gasteiger partial charge in [0.05, 0.1) is 12.5 Å². The summed E-state index contributed by atoms with van der Waals surface area (Å²) >= 11 is 0. The summed E-state index contributed by atoms with van der Waals surface area (Å²) in [7, 11) is 1.45. The maximum absolute atomic E-state index is 12.9. The minimum Gasteiger partial charge on any atom is -0.481 e. The fraction of sp³-hybridized carbons (Fsp3) is 0.500. The summed E-state index contributed by atoms with van der Waals surface area (Å²) in [6, 6.07) is 3.20. The molecular formula is C22H29N5O5. The first kappa shape index (κ1) is 23.2. The van der Waals surface area contributed by atoms with Crippen molar-refractivity contribution in [2.75, 3.05) is 25.5 Å². The molecule has 3 heterocycles. The molecule has 2 atom stereocenters. The summed E-state index contributed by atoms with van der Waals surface area (Å²) in [6.45, 7) is 5.82. The molecule has 1 aromatic rings. The van der Waals surface area contributed by atoms with Crippen LogP contribution < -0.4 is 10.6 Å². The van der Waals surface area contributed by atoms with Crippen molar-refractivity contribution >= 4 is 29.5 Å². The molecule has 10 heteroatoms. The molecule has 0 aromatic carbocycles. The normalized spacial score (nSPS) is 18.8.